The third kappa shape index (κ3) is 6.98. The molecule has 0 aromatic heterocycles. The normalized spacial score (nSPS) is 17.6. The third-order valence-corrected chi connectivity index (χ3v) is 9.83. The van der Waals surface area contributed by atoms with Crippen LogP contribution < -0.4 is 9.21 Å². The summed E-state index contributed by atoms with van der Waals surface area (Å²) in [5.41, 5.74) is -1.43. The Hall–Kier alpha value is -3.75. The summed E-state index contributed by atoms with van der Waals surface area (Å²) in [7, 11) is -4.57. The van der Waals surface area contributed by atoms with Gasteiger partial charge in [0.2, 0.25) is 0 Å². The van der Waals surface area contributed by atoms with E-state index in [2.05, 4.69) is 0 Å². The van der Waals surface area contributed by atoms with Crippen LogP contribution >= 0.6 is 11.6 Å². The van der Waals surface area contributed by atoms with Crippen molar-refractivity contribution in [3.63, 3.8) is 0 Å². The number of piperazine rings is 1. The standard InChI is InChI=1S/C31H28ClF6N3O4S/c1-2-45-29(42)19-39-13-14-40-22(17-39)18-41(46(43,44)23-6-3-5-21(16-23)30(33,34)35)28-15-20(10-12-27(28)40)9-11-24-25(31(36,37)38)7-4-8-26(24)32/h3-12,15-16,22H,2,13-14,17-19H2,1H3/b11-9+/t22-/m0/s1. The van der Waals surface area contributed by atoms with Crippen LogP contribution in [-0.2, 0) is 31.9 Å². The summed E-state index contributed by atoms with van der Waals surface area (Å²) in [6.07, 6.45) is -6.93. The van der Waals surface area contributed by atoms with Gasteiger partial charge in [-0.25, -0.2) is 8.42 Å². The number of carbonyl (C=O) groups is 1. The molecule has 0 radical (unpaired) electrons. The first-order valence-electron chi connectivity index (χ1n) is 14.1. The van der Waals surface area contributed by atoms with Gasteiger partial charge in [-0.15, -0.1) is 0 Å². The van der Waals surface area contributed by atoms with E-state index in [1.165, 1.54) is 30.4 Å². The van der Waals surface area contributed by atoms with Gasteiger partial charge in [0.1, 0.15) is 0 Å². The first-order valence-corrected chi connectivity index (χ1v) is 15.9. The molecular weight excluding hydrogens is 660 g/mol. The molecule has 246 valence electrons. The smallest absolute Gasteiger partial charge is 0.417 e. The van der Waals surface area contributed by atoms with Gasteiger partial charge < -0.3 is 9.64 Å². The number of anilines is 2. The van der Waals surface area contributed by atoms with Crippen LogP contribution in [0.4, 0.5) is 37.7 Å². The average Bonchev–Trinajstić information content (AvgIpc) is 2.99. The zero-order chi connectivity index (χ0) is 33.4. The van der Waals surface area contributed by atoms with Crippen molar-refractivity contribution >= 4 is 51.1 Å². The lowest BCUT2D eigenvalue weighted by atomic mass is 10.0. The van der Waals surface area contributed by atoms with Gasteiger partial charge in [-0.3, -0.25) is 14.0 Å². The minimum absolute atomic E-state index is 0.0168. The molecule has 3 aromatic rings. The Kier molecular flexibility index (Phi) is 9.35. The number of esters is 1. The highest BCUT2D eigenvalue weighted by Crippen LogP contribution is 2.42. The Morgan fingerprint density at radius 3 is 2.37 bits per heavy atom. The van der Waals surface area contributed by atoms with E-state index < -0.39 is 50.4 Å². The van der Waals surface area contributed by atoms with E-state index in [1.807, 2.05) is 9.80 Å². The van der Waals surface area contributed by atoms with Gasteiger partial charge in [-0.1, -0.05) is 42.0 Å². The Labute approximate surface area is 266 Å². The minimum Gasteiger partial charge on any atom is -0.465 e. The van der Waals surface area contributed by atoms with Crippen molar-refractivity contribution in [1.29, 1.82) is 0 Å². The number of rotatable bonds is 7. The van der Waals surface area contributed by atoms with Crippen LogP contribution in [0.1, 0.15) is 29.2 Å². The Morgan fingerprint density at radius 1 is 0.935 bits per heavy atom. The van der Waals surface area contributed by atoms with Crippen molar-refractivity contribution in [2.45, 2.75) is 30.2 Å². The summed E-state index contributed by atoms with van der Waals surface area (Å²) >= 11 is 6.09. The lowest BCUT2D eigenvalue weighted by Crippen LogP contribution is -2.61. The molecule has 1 saturated heterocycles. The van der Waals surface area contributed by atoms with Crippen molar-refractivity contribution in [2.24, 2.45) is 0 Å². The summed E-state index contributed by atoms with van der Waals surface area (Å²) in [5.74, 6) is -0.441. The molecule has 46 heavy (non-hydrogen) atoms. The van der Waals surface area contributed by atoms with Gasteiger partial charge in [-0.2, -0.15) is 26.3 Å². The Morgan fingerprint density at radius 2 is 1.67 bits per heavy atom. The van der Waals surface area contributed by atoms with E-state index in [9.17, 15) is 39.6 Å². The van der Waals surface area contributed by atoms with Gasteiger partial charge in [0.15, 0.2) is 0 Å². The van der Waals surface area contributed by atoms with Crippen LogP contribution in [0.2, 0.25) is 5.02 Å². The molecule has 0 aliphatic carbocycles. The van der Waals surface area contributed by atoms with E-state index in [0.29, 0.717) is 30.4 Å². The van der Waals surface area contributed by atoms with E-state index in [-0.39, 0.29) is 42.5 Å². The number of sulfonamides is 1. The molecule has 0 unspecified atom stereocenters. The molecule has 3 aromatic carbocycles. The predicted molar refractivity (Wildman–Crippen MR) is 162 cm³/mol. The molecule has 15 heteroatoms. The van der Waals surface area contributed by atoms with E-state index in [4.69, 9.17) is 16.3 Å². The van der Waals surface area contributed by atoms with Crippen molar-refractivity contribution in [1.82, 2.24) is 4.90 Å². The van der Waals surface area contributed by atoms with Crippen LogP contribution in [0.25, 0.3) is 12.2 Å². The number of carbonyl (C=O) groups excluding carboxylic acids is 1. The molecule has 1 atom stereocenters. The zero-order valence-corrected chi connectivity index (χ0v) is 25.8. The van der Waals surface area contributed by atoms with Crippen LogP contribution in [0.15, 0.2) is 65.6 Å². The maximum atomic E-state index is 14.0. The second kappa shape index (κ2) is 12.8. The zero-order valence-electron chi connectivity index (χ0n) is 24.3. The van der Waals surface area contributed by atoms with Gasteiger partial charge in [0.05, 0.1) is 53.1 Å². The number of nitrogens with zero attached hydrogens (tertiary/aromatic N) is 3. The topological polar surface area (TPSA) is 70.2 Å². The fraction of sp³-hybridized carbons (Fsp3) is 0.323. The molecular formula is C31H28ClF6N3O4S. The quantitative estimate of drug-likeness (QED) is 0.155. The van der Waals surface area contributed by atoms with Crippen LogP contribution in [-0.4, -0.2) is 64.7 Å². The molecule has 0 saturated carbocycles. The highest BCUT2D eigenvalue weighted by Gasteiger charge is 2.41. The van der Waals surface area contributed by atoms with Crippen LogP contribution in [0.5, 0.6) is 0 Å². The fourth-order valence-electron chi connectivity index (χ4n) is 5.62. The number of halogens is 7. The Bertz CT molecular complexity index is 1760. The summed E-state index contributed by atoms with van der Waals surface area (Å²) < 4.78 is 116. The number of alkyl halides is 6. The molecule has 2 aliphatic rings. The molecule has 7 nitrogen and oxygen atoms in total. The van der Waals surface area contributed by atoms with E-state index in [0.717, 1.165) is 28.6 Å². The highest BCUT2D eigenvalue weighted by molar-refractivity contribution is 7.92. The number of fused-ring (bicyclic) bond motifs is 3. The summed E-state index contributed by atoms with van der Waals surface area (Å²) in [6.45, 7) is 2.81. The van der Waals surface area contributed by atoms with Crippen molar-refractivity contribution in [3.05, 3.63) is 87.9 Å². The molecule has 2 heterocycles. The second-order valence-electron chi connectivity index (χ2n) is 10.7. The van der Waals surface area contributed by atoms with Crippen molar-refractivity contribution in [2.75, 3.05) is 48.5 Å². The molecule has 0 bridgehead atoms. The number of benzene rings is 3. The second-order valence-corrected chi connectivity index (χ2v) is 13.0. The van der Waals surface area contributed by atoms with Gasteiger partial charge in [0.25, 0.3) is 10.0 Å². The fourth-order valence-corrected chi connectivity index (χ4v) is 7.42. The van der Waals surface area contributed by atoms with E-state index >= 15 is 0 Å². The van der Waals surface area contributed by atoms with Crippen LogP contribution in [0.3, 0.4) is 0 Å². The molecule has 5 rings (SSSR count). The number of ether oxygens (including phenoxy) is 1. The predicted octanol–water partition coefficient (Wildman–Crippen LogP) is 6.81. The van der Waals surface area contributed by atoms with Crippen molar-refractivity contribution < 1.29 is 44.3 Å². The summed E-state index contributed by atoms with van der Waals surface area (Å²) in [4.78, 5) is 15.3. The molecule has 0 amide bonds. The minimum atomic E-state index is -4.79. The highest BCUT2D eigenvalue weighted by atomic mass is 35.5. The molecule has 0 N–H and O–H groups in total. The lowest BCUT2D eigenvalue weighted by molar-refractivity contribution is -0.144. The lowest BCUT2D eigenvalue weighted by Gasteiger charge is -2.49. The average molecular weight is 688 g/mol. The monoisotopic (exact) mass is 687 g/mol. The van der Waals surface area contributed by atoms with E-state index in [1.54, 1.807) is 19.1 Å². The van der Waals surface area contributed by atoms with Crippen molar-refractivity contribution in [3.8, 4) is 0 Å². The molecule has 1 fully saturated rings. The SMILES string of the molecule is CCOC(=O)CN1CCN2c3ccc(/C=C/c4c(Cl)cccc4C(F)(F)F)cc3N(S(=O)(=O)c3cccc(C(F)(F)F)c3)C[C@@H]2C1. The van der Waals surface area contributed by atoms with Gasteiger partial charge in [-0.05, 0) is 55.0 Å². The maximum Gasteiger partial charge on any atom is 0.417 e. The van der Waals surface area contributed by atoms with Gasteiger partial charge >= 0.3 is 18.3 Å². The molecule has 2 aliphatic heterocycles. The number of hydrogen-bond acceptors (Lipinski definition) is 6. The summed E-state index contributed by atoms with van der Waals surface area (Å²) in [6, 6.07) is 11.0. The number of hydrogen-bond donors (Lipinski definition) is 0. The first-order chi connectivity index (χ1) is 21.6. The molecule has 0 spiro atoms. The summed E-state index contributed by atoms with van der Waals surface area (Å²) in [5, 5.41) is -0.138. The maximum absolute atomic E-state index is 14.0. The first kappa shape index (κ1) is 33.6. The third-order valence-electron chi connectivity index (χ3n) is 7.73. The largest absolute Gasteiger partial charge is 0.465 e. The van der Waals surface area contributed by atoms with Gasteiger partial charge in [0, 0.05) is 30.2 Å². The van der Waals surface area contributed by atoms with Crippen LogP contribution in [0, 0.1) is 0 Å². The Balaban J connectivity index is 1.57.